The lowest BCUT2D eigenvalue weighted by Crippen LogP contribution is -2.18. The summed E-state index contributed by atoms with van der Waals surface area (Å²) in [7, 11) is 0. The lowest BCUT2D eigenvalue weighted by atomic mass is 9.95. The molecule has 1 aliphatic rings. The quantitative estimate of drug-likeness (QED) is 0.604. The van der Waals surface area contributed by atoms with Crippen molar-refractivity contribution in [1.82, 2.24) is 14.8 Å². The van der Waals surface area contributed by atoms with Gasteiger partial charge in [-0.25, -0.2) is 0 Å². The number of rotatable bonds is 1. The van der Waals surface area contributed by atoms with Crippen molar-refractivity contribution in [3.63, 3.8) is 0 Å². The molecule has 0 saturated heterocycles. The highest BCUT2D eigenvalue weighted by molar-refractivity contribution is 4.91. The van der Waals surface area contributed by atoms with Crippen molar-refractivity contribution >= 4 is 0 Å². The summed E-state index contributed by atoms with van der Waals surface area (Å²) in [6.45, 7) is 3.36. The lowest BCUT2D eigenvalue weighted by molar-refractivity contribution is 0.372. The summed E-state index contributed by atoms with van der Waals surface area (Å²) < 4.78 is 2.16. The first-order chi connectivity index (χ1) is 5.40. The Labute approximate surface area is 66.4 Å². The molecule has 0 fully saturated rings. The molecule has 0 spiro atoms. The van der Waals surface area contributed by atoms with Gasteiger partial charge < -0.3 is 4.57 Å². The molecule has 0 saturated carbocycles. The molecule has 1 aromatic heterocycles. The molecule has 2 rings (SSSR count). The van der Waals surface area contributed by atoms with Crippen LogP contribution in [0.2, 0.25) is 0 Å². The molecule has 1 atom stereocenters. The van der Waals surface area contributed by atoms with Gasteiger partial charge >= 0.3 is 0 Å². The van der Waals surface area contributed by atoms with Gasteiger partial charge in [0, 0.05) is 13.0 Å². The normalized spacial score (nSPS) is 23.2. The number of nitrogens with zero attached hydrogens (tertiary/aromatic N) is 3. The van der Waals surface area contributed by atoms with E-state index in [2.05, 4.69) is 21.7 Å². The molecule has 3 nitrogen and oxygen atoms in total. The van der Waals surface area contributed by atoms with Crippen LogP contribution in [-0.2, 0) is 13.0 Å². The smallest absolute Gasteiger partial charge is 0.133 e. The van der Waals surface area contributed by atoms with Gasteiger partial charge in [-0.15, -0.1) is 10.2 Å². The predicted octanol–water partition coefficient (Wildman–Crippen LogP) is 1.25. The van der Waals surface area contributed by atoms with Crippen molar-refractivity contribution in [3.05, 3.63) is 12.2 Å². The van der Waals surface area contributed by atoms with Crippen LogP contribution in [0.5, 0.6) is 0 Å². The van der Waals surface area contributed by atoms with Crippen molar-refractivity contribution < 1.29 is 0 Å². The highest BCUT2D eigenvalue weighted by Gasteiger charge is 2.17. The SMILES string of the molecule is CC[C@@H]1CCn2cnnc2C1. The monoisotopic (exact) mass is 151 g/mol. The number of hydrogen-bond donors (Lipinski definition) is 0. The minimum Gasteiger partial charge on any atom is -0.318 e. The highest BCUT2D eigenvalue weighted by Crippen LogP contribution is 2.20. The van der Waals surface area contributed by atoms with Crippen LogP contribution < -0.4 is 0 Å². The maximum atomic E-state index is 4.07. The van der Waals surface area contributed by atoms with E-state index in [4.69, 9.17) is 0 Å². The van der Waals surface area contributed by atoms with Crippen LogP contribution in [0.1, 0.15) is 25.6 Å². The highest BCUT2D eigenvalue weighted by atomic mass is 15.3. The Bertz CT molecular complexity index is 241. The summed E-state index contributed by atoms with van der Waals surface area (Å²) in [5.41, 5.74) is 0. The van der Waals surface area contributed by atoms with Crippen molar-refractivity contribution in [3.8, 4) is 0 Å². The molecule has 1 aliphatic heterocycles. The van der Waals surface area contributed by atoms with E-state index in [0.717, 1.165) is 18.9 Å². The minimum atomic E-state index is 0.840. The molecular weight excluding hydrogens is 138 g/mol. The molecule has 0 aromatic carbocycles. The van der Waals surface area contributed by atoms with Gasteiger partial charge in [0.25, 0.3) is 0 Å². The third-order valence-corrected chi connectivity index (χ3v) is 2.52. The Kier molecular flexibility index (Phi) is 1.64. The van der Waals surface area contributed by atoms with Gasteiger partial charge in [-0.2, -0.15) is 0 Å². The lowest BCUT2D eigenvalue weighted by Gasteiger charge is -2.20. The Hall–Kier alpha value is -0.860. The van der Waals surface area contributed by atoms with Gasteiger partial charge in [-0.1, -0.05) is 13.3 Å². The van der Waals surface area contributed by atoms with E-state index in [1.54, 1.807) is 0 Å². The largest absolute Gasteiger partial charge is 0.318 e. The van der Waals surface area contributed by atoms with E-state index in [9.17, 15) is 0 Å². The van der Waals surface area contributed by atoms with Gasteiger partial charge in [-0.05, 0) is 12.3 Å². The van der Waals surface area contributed by atoms with Crippen LogP contribution in [0, 0.1) is 5.92 Å². The number of aryl methyl sites for hydroxylation is 1. The molecule has 0 unspecified atom stereocenters. The standard InChI is InChI=1S/C8H13N3/c1-2-7-3-4-11-6-9-10-8(11)5-7/h6-7H,2-5H2,1H3/t7-/m1/s1. The third kappa shape index (κ3) is 1.15. The van der Waals surface area contributed by atoms with Crippen molar-refractivity contribution in [2.45, 2.75) is 32.7 Å². The molecule has 0 aliphatic carbocycles. The third-order valence-electron chi connectivity index (χ3n) is 2.52. The molecule has 0 amide bonds. The molecular formula is C8H13N3. The first-order valence-electron chi connectivity index (χ1n) is 4.27. The summed E-state index contributed by atoms with van der Waals surface area (Å²) in [5.74, 6) is 2.01. The minimum absolute atomic E-state index is 0.840. The van der Waals surface area contributed by atoms with E-state index in [-0.39, 0.29) is 0 Å². The fourth-order valence-corrected chi connectivity index (χ4v) is 1.65. The second-order valence-corrected chi connectivity index (χ2v) is 3.21. The van der Waals surface area contributed by atoms with E-state index in [1.165, 1.54) is 18.7 Å². The van der Waals surface area contributed by atoms with Gasteiger partial charge in [-0.3, -0.25) is 0 Å². The van der Waals surface area contributed by atoms with Gasteiger partial charge in [0.15, 0.2) is 0 Å². The Morgan fingerprint density at radius 3 is 3.45 bits per heavy atom. The van der Waals surface area contributed by atoms with Crippen molar-refractivity contribution in [2.24, 2.45) is 5.92 Å². The molecule has 60 valence electrons. The average molecular weight is 151 g/mol. The van der Waals surface area contributed by atoms with Gasteiger partial charge in [0.1, 0.15) is 12.2 Å². The van der Waals surface area contributed by atoms with Crippen molar-refractivity contribution in [2.75, 3.05) is 0 Å². The number of hydrogen-bond acceptors (Lipinski definition) is 2. The zero-order valence-corrected chi connectivity index (χ0v) is 6.82. The topological polar surface area (TPSA) is 30.7 Å². The van der Waals surface area contributed by atoms with Gasteiger partial charge in [0.2, 0.25) is 0 Å². The van der Waals surface area contributed by atoms with Crippen LogP contribution in [0.15, 0.2) is 6.33 Å². The molecule has 2 heterocycles. The zero-order chi connectivity index (χ0) is 7.68. The summed E-state index contributed by atoms with van der Waals surface area (Å²) in [4.78, 5) is 0. The summed E-state index contributed by atoms with van der Waals surface area (Å²) in [6, 6.07) is 0. The molecule has 11 heavy (non-hydrogen) atoms. The van der Waals surface area contributed by atoms with Crippen molar-refractivity contribution in [1.29, 1.82) is 0 Å². The Morgan fingerprint density at radius 1 is 1.73 bits per heavy atom. The molecule has 0 bridgehead atoms. The first-order valence-corrected chi connectivity index (χ1v) is 4.27. The van der Waals surface area contributed by atoms with Crippen LogP contribution in [0.25, 0.3) is 0 Å². The van der Waals surface area contributed by atoms with Crippen LogP contribution in [0.3, 0.4) is 0 Å². The molecule has 0 N–H and O–H groups in total. The number of fused-ring (bicyclic) bond motifs is 1. The molecule has 0 radical (unpaired) electrons. The summed E-state index contributed by atoms with van der Waals surface area (Å²) in [5, 5.41) is 7.95. The fourth-order valence-electron chi connectivity index (χ4n) is 1.65. The van der Waals surface area contributed by atoms with Crippen LogP contribution >= 0.6 is 0 Å². The Morgan fingerprint density at radius 2 is 2.64 bits per heavy atom. The average Bonchev–Trinajstić information content (AvgIpc) is 2.50. The summed E-state index contributed by atoms with van der Waals surface area (Å²) in [6.07, 6.45) is 5.52. The predicted molar refractivity (Wildman–Crippen MR) is 42.1 cm³/mol. The van der Waals surface area contributed by atoms with E-state index in [0.29, 0.717) is 0 Å². The second-order valence-electron chi connectivity index (χ2n) is 3.21. The maximum Gasteiger partial charge on any atom is 0.133 e. The maximum absolute atomic E-state index is 4.07. The van der Waals surface area contributed by atoms with Crippen LogP contribution in [-0.4, -0.2) is 14.8 Å². The van der Waals surface area contributed by atoms with E-state index < -0.39 is 0 Å². The number of aromatic nitrogens is 3. The van der Waals surface area contributed by atoms with Gasteiger partial charge in [0.05, 0.1) is 0 Å². The molecule has 3 heteroatoms. The first kappa shape index (κ1) is 6.83. The molecule has 1 aromatic rings. The fraction of sp³-hybridized carbons (Fsp3) is 0.750. The van der Waals surface area contributed by atoms with Crippen LogP contribution in [0.4, 0.5) is 0 Å². The summed E-state index contributed by atoms with van der Waals surface area (Å²) >= 11 is 0. The van der Waals surface area contributed by atoms with E-state index >= 15 is 0 Å². The second kappa shape index (κ2) is 2.64. The zero-order valence-electron chi connectivity index (χ0n) is 6.82. The Balaban J connectivity index is 2.18. The van der Waals surface area contributed by atoms with E-state index in [1.807, 2.05) is 6.33 Å².